The summed E-state index contributed by atoms with van der Waals surface area (Å²) in [5.41, 5.74) is 0. The van der Waals surface area contributed by atoms with Crippen LogP contribution in [-0.2, 0) is 4.74 Å². The minimum absolute atomic E-state index is 0. The lowest BCUT2D eigenvalue weighted by atomic mass is 10.2. The number of nitrogens with zero attached hydrogens (tertiary/aromatic N) is 3. The SMILES string of the molecule is CCNC(=NCC(c1cccs1)N1CCOCC1)NCCCN(CC)CC.I. The highest BCUT2D eigenvalue weighted by atomic mass is 127. The summed E-state index contributed by atoms with van der Waals surface area (Å²) in [4.78, 5) is 11.3. The molecule has 2 heterocycles. The fraction of sp³-hybridized carbons (Fsp3) is 0.750. The monoisotopic (exact) mass is 523 g/mol. The van der Waals surface area contributed by atoms with Crippen LogP contribution >= 0.6 is 35.3 Å². The smallest absolute Gasteiger partial charge is 0.191 e. The highest BCUT2D eigenvalue weighted by molar-refractivity contribution is 14.0. The summed E-state index contributed by atoms with van der Waals surface area (Å²) < 4.78 is 5.53. The maximum absolute atomic E-state index is 5.53. The number of thiophene rings is 1. The summed E-state index contributed by atoms with van der Waals surface area (Å²) in [5.74, 6) is 0.923. The van der Waals surface area contributed by atoms with E-state index in [1.807, 2.05) is 11.3 Å². The Balaban J connectivity index is 0.00000392. The zero-order valence-corrected chi connectivity index (χ0v) is 20.8. The van der Waals surface area contributed by atoms with E-state index in [0.717, 1.165) is 78.0 Å². The number of hydrogen-bond acceptors (Lipinski definition) is 5. The Hall–Kier alpha value is -0.420. The predicted molar refractivity (Wildman–Crippen MR) is 131 cm³/mol. The van der Waals surface area contributed by atoms with Gasteiger partial charge in [0.1, 0.15) is 0 Å². The molecule has 1 aliphatic rings. The molecular weight excluding hydrogens is 485 g/mol. The molecule has 1 aromatic heterocycles. The summed E-state index contributed by atoms with van der Waals surface area (Å²) in [6.45, 7) is 16.1. The minimum atomic E-state index is 0. The van der Waals surface area contributed by atoms with E-state index in [1.165, 1.54) is 4.88 Å². The van der Waals surface area contributed by atoms with Crippen LogP contribution in [0.15, 0.2) is 22.5 Å². The van der Waals surface area contributed by atoms with Gasteiger partial charge < -0.3 is 20.3 Å². The Kier molecular flexibility index (Phi) is 14.1. The molecule has 1 saturated heterocycles. The molecule has 0 amide bonds. The molecule has 1 atom stereocenters. The summed E-state index contributed by atoms with van der Waals surface area (Å²) >= 11 is 1.82. The molecule has 162 valence electrons. The largest absolute Gasteiger partial charge is 0.379 e. The van der Waals surface area contributed by atoms with Gasteiger partial charge in [0.2, 0.25) is 0 Å². The molecule has 28 heavy (non-hydrogen) atoms. The number of morpholine rings is 1. The summed E-state index contributed by atoms with van der Waals surface area (Å²) in [7, 11) is 0. The van der Waals surface area contributed by atoms with Crippen LogP contribution in [0.2, 0.25) is 0 Å². The maximum Gasteiger partial charge on any atom is 0.191 e. The van der Waals surface area contributed by atoms with Crippen LogP contribution in [-0.4, -0.2) is 81.3 Å². The number of nitrogens with one attached hydrogen (secondary N) is 2. The summed E-state index contributed by atoms with van der Waals surface area (Å²) in [5, 5.41) is 9.04. The second-order valence-corrected chi connectivity index (χ2v) is 7.69. The average Bonchev–Trinajstić information content (AvgIpc) is 3.23. The van der Waals surface area contributed by atoms with E-state index < -0.39 is 0 Å². The lowest BCUT2D eigenvalue weighted by molar-refractivity contribution is 0.0186. The first-order valence-corrected chi connectivity index (χ1v) is 11.3. The van der Waals surface area contributed by atoms with Gasteiger partial charge >= 0.3 is 0 Å². The van der Waals surface area contributed by atoms with Crippen molar-refractivity contribution in [2.75, 3.05) is 65.6 Å². The number of guanidine groups is 1. The quantitative estimate of drug-likeness (QED) is 0.202. The van der Waals surface area contributed by atoms with Gasteiger partial charge in [0.15, 0.2) is 5.96 Å². The van der Waals surface area contributed by atoms with Gasteiger partial charge in [-0.3, -0.25) is 9.89 Å². The van der Waals surface area contributed by atoms with Gasteiger partial charge in [0, 0.05) is 31.1 Å². The number of aliphatic imine (C=N–C) groups is 1. The van der Waals surface area contributed by atoms with Gasteiger partial charge in [-0.05, 0) is 44.4 Å². The Morgan fingerprint density at radius 1 is 1.25 bits per heavy atom. The molecule has 0 aliphatic carbocycles. The molecule has 1 aliphatic heterocycles. The third-order valence-electron chi connectivity index (χ3n) is 4.96. The second-order valence-electron chi connectivity index (χ2n) is 6.71. The molecule has 0 radical (unpaired) electrons. The van der Waals surface area contributed by atoms with Gasteiger partial charge in [-0.1, -0.05) is 19.9 Å². The molecule has 1 aromatic rings. The van der Waals surface area contributed by atoms with Crippen LogP contribution in [0.1, 0.15) is 38.1 Å². The fourth-order valence-corrected chi connectivity index (χ4v) is 4.18. The first-order valence-electron chi connectivity index (χ1n) is 10.4. The fourth-order valence-electron chi connectivity index (χ4n) is 3.32. The molecule has 8 heteroatoms. The summed E-state index contributed by atoms with van der Waals surface area (Å²) in [6.07, 6.45) is 1.13. The summed E-state index contributed by atoms with van der Waals surface area (Å²) in [6, 6.07) is 4.69. The third kappa shape index (κ3) is 8.94. The molecular formula is C20H38IN5OS. The Labute approximate surface area is 192 Å². The predicted octanol–water partition coefficient (Wildman–Crippen LogP) is 3.03. The Morgan fingerprint density at radius 2 is 2.00 bits per heavy atom. The van der Waals surface area contributed by atoms with Gasteiger partial charge in [0.25, 0.3) is 0 Å². The molecule has 2 N–H and O–H groups in total. The second kappa shape index (κ2) is 15.4. The molecule has 2 rings (SSSR count). The van der Waals surface area contributed by atoms with E-state index in [9.17, 15) is 0 Å². The van der Waals surface area contributed by atoms with Crippen molar-refractivity contribution < 1.29 is 4.74 Å². The lowest BCUT2D eigenvalue weighted by Gasteiger charge is -2.33. The lowest BCUT2D eigenvalue weighted by Crippen LogP contribution is -2.42. The van der Waals surface area contributed by atoms with Crippen molar-refractivity contribution in [1.82, 2.24) is 20.4 Å². The van der Waals surface area contributed by atoms with Crippen molar-refractivity contribution in [1.29, 1.82) is 0 Å². The standard InChI is InChI=1S/C20H37N5OS.HI/c1-4-21-20(22-10-8-11-24(5-2)6-3)23-17-18(19-9-7-16-27-19)25-12-14-26-15-13-25;/h7,9,16,18H,4-6,8,10-15,17H2,1-3H3,(H2,21,22,23);1H. The van der Waals surface area contributed by atoms with Gasteiger partial charge in [-0.15, -0.1) is 35.3 Å². The highest BCUT2D eigenvalue weighted by Gasteiger charge is 2.23. The van der Waals surface area contributed by atoms with Crippen LogP contribution in [0.3, 0.4) is 0 Å². The van der Waals surface area contributed by atoms with Crippen molar-refractivity contribution in [3.63, 3.8) is 0 Å². The first kappa shape index (κ1) is 25.6. The van der Waals surface area contributed by atoms with Crippen molar-refractivity contribution in [2.45, 2.75) is 33.2 Å². The molecule has 0 bridgehead atoms. The number of hydrogen-bond donors (Lipinski definition) is 2. The minimum Gasteiger partial charge on any atom is -0.379 e. The molecule has 0 spiro atoms. The zero-order valence-electron chi connectivity index (χ0n) is 17.7. The van der Waals surface area contributed by atoms with Gasteiger partial charge in [-0.2, -0.15) is 0 Å². The first-order chi connectivity index (χ1) is 13.3. The number of halogens is 1. The van der Waals surface area contributed by atoms with E-state index >= 15 is 0 Å². The van der Waals surface area contributed by atoms with Gasteiger partial charge in [0.05, 0.1) is 25.8 Å². The molecule has 1 unspecified atom stereocenters. The van der Waals surface area contributed by atoms with E-state index in [4.69, 9.17) is 9.73 Å². The van der Waals surface area contributed by atoms with E-state index in [-0.39, 0.29) is 24.0 Å². The average molecular weight is 524 g/mol. The molecule has 6 nitrogen and oxygen atoms in total. The molecule has 1 fully saturated rings. The number of rotatable bonds is 11. The van der Waals surface area contributed by atoms with Crippen LogP contribution in [0, 0.1) is 0 Å². The molecule has 0 saturated carbocycles. The van der Waals surface area contributed by atoms with Crippen molar-refractivity contribution >= 4 is 41.3 Å². The van der Waals surface area contributed by atoms with Crippen molar-refractivity contribution in [3.05, 3.63) is 22.4 Å². The van der Waals surface area contributed by atoms with Crippen LogP contribution in [0.5, 0.6) is 0 Å². The maximum atomic E-state index is 5.53. The van der Waals surface area contributed by atoms with Crippen LogP contribution in [0.25, 0.3) is 0 Å². The highest BCUT2D eigenvalue weighted by Crippen LogP contribution is 2.26. The van der Waals surface area contributed by atoms with E-state index in [1.54, 1.807) is 0 Å². The van der Waals surface area contributed by atoms with Gasteiger partial charge in [-0.25, -0.2) is 0 Å². The van der Waals surface area contributed by atoms with Crippen LogP contribution < -0.4 is 10.6 Å². The van der Waals surface area contributed by atoms with E-state index in [0.29, 0.717) is 6.04 Å². The number of ether oxygens (including phenoxy) is 1. The van der Waals surface area contributed by atoms with Crippen LogP contribution in [0.4, 0.5) is 0 Å². The normalized spacial score (nSPS) is 16.6. The Bertz CT molecular complexity index is 519. The topological polar surface area (TPSA) is 52.1 Å². The molecule has 0 aromatic carbocycles. The van der Waals surface area contributed by atoms with Crippen molar-refractivity contribution in [2.24, 2.45) is 4.99 Å². The van der Waals surface area contributed by atoms with Crippen molar-refractivity contribution in [3.8, 4) is 0 Å². The Morgan fingerprint density at radius 3 is 2.61 bits per heavy atom. The van der Waals surface area contributed by atoms with E-state index in [2.05, 4.69) is 58.7 Å². The third-order valence-corrected chi connectivity index (χ3v) is 5.94. The zero-order chi connectivity index (χ0) is 19.3.